The van der Waals surface area contributed by atoms with Crippen molar-refractivity contribution in [1.82, 2.24) is 10.2 Å². The molecule has 0 aromatic heterocycles. The van der Waals surface area contributed by atoms with Crippen LogP contribution < -0.4 is 5.32 Å². The molecule has 2 aliphatic rings. The molecule has 18 heavy (non-hydrogen) atoms. The van der Waals surface area contributed by atoms with E-state index >= 15 is 0 Å². The molecule has 2 unspecified atom stereocenters. The van der Waals surface area contributed by atoms with Crippen LogP contribution in [0.15, 0.2) is 0 Å². The summed E-state index contributed by atoms with van der Waals surface area (Å²) in [5.41, 5.74) is 0.918. The Hall–Kier alpha value is -0.0800. The zero-order valence-electron chi connectivity index (χ0n) is 13.1. The largest absolute Gasteiger partial charge is 0.309 e. The zero-order chi connectivity index (χ0) is 13.4. The van der Waals surface area contributed by atoms with Gasteiger partial charge < -0.3 is 5.32 Å². The number of nitrogens with zero attached hydrogens (tertiary/aromatic N) is 1. The summed E-state index contributed by atoms with van der Waals surface area (Å²) in [7, 11) is 0. The second-order valence-corrected chi connectivity index (χ2v) is 7.71. The Morgan fingerprint density at radius 2 is 1.78 bits per heavy atom. The average molecular weight is 252 g/mol. The molecule has 2 rings (SSSR count). The van der Waals surface area contributed by atoms with Crippen molar-refractivity contribution in [2.24, 2.45) is 5.41 Å². The minimum Gasteiger partial charge on any atom is -0.309 e. The SMILES string of the molecule is CCC1(C)CN(C2CCC(C)(C)CC2)C(C)CN1. The minimum atomic E-state index is 0.333. The molecule has 1 N–H and O–H groups in total. The van der Waals surface area contributed by atoms with Gasteiger partial charge in [-0.3, -0.25) is 4.90 Å². The first-order chi connectivity index (χ1) is 8.35. The Labute approximate surface area is 114 Å². The van der Waals surface area contributed by atoms with Crippen LogP contribution in [0.25, 0.3) is 0 Å². The fourth-order valence-corrected chi connectivity index (χ4v) is 3.57. The molecule has 2 atom stereocenters. The van der Waals surface area contributed by atoms with Crippen LogP contribution in [-0.4, -0.2) is 35.6 Å². The van der Waals surface area contributed by atoms with Crippen molar-refractivity contribution in [3.8, 4) is 0 Å². The van der Waals surface area contributed by atoms with Crippen LogP contribution in [0.4, 0.5) is 0 Å². The Bertz CT molecular complexity index is 277. The molecule has 0 radical (unpaired) electrons. The molecule has 0 amide bonds. The second-order valence-electron chi connectivity index (χ2n) is 7.71. The van der Waals surface area contributed by atoms with Crippen LogP contribution in [0.1, 0.15) is 66.7 Å². The zero-order valence-corrected chi connectivity index (χ0v) is 13.1. The molecule has 0 bridgehead atoms. The first-order valence-electron chi connectivity index (χ1n) is 7.86. The summed E-state index contributed by atoms with van der Waals surface area (Å²) in [6.07, 6.45) is 6.83. The molecule has 0 spiro atoms. The molecule has 2 nitrogen and oxygen atoms in total. The molecule has 1 heterocycles. The van der Waals surface area contributed by atoms with Crippen molar-refractivity contribution in [1.29, 1.82) is 0 Å². The van der Waals surface area contributed by atoms with E-state index < -0.39 is 0 Å². The van der Waals surface area contributed by atoms with E-state index in [1.165, 1.54) is 38.6 Å². The molecule has 1 saturated heterocycles. The first-order valence-corrected chi connectivity index (χ1v) is 7.86. The van der Waals surface area contributed by atoms with E-state index in [9.17, 15) is 0 Å². The molecule has 1 saturated carbocycles. The van der Waals surface area contributed by atoms with Gasteiger partial charge in [-0.1, -0.05) is 20.8 Å². The Balaban J connectivity index is 1.99. The van der Waals surface area contributed by atoms with Gasteiger partial charge in [-0.05, 0) is 51.4 Å². The maximum atomic E-state index is 3.74. The third-order valence-corrected chi connectivity index (χ3v) is 5.48. The van der Waals surface area contributed by atoms with Gasteiger partial charge in [0.1, 0.15) is 0 Å². The lowest BCUT2D eigenvalue weighted by molar-refractivity contribution is 0.0218. The van der Waals surface area contributed by atoms with Gasteiger partial charge in [0.05, 0.1) is 0 Å². The fourth-order valence-electron chi connectivity index (χ4n) is 3.57. The van der Waals surface area contributed by atoms with E-state index in [1.807, 2.05) is 0 Å². The number of nitrogens with one attached hydrogen (secondary N) is 1. The molecule has 0 aromatic carbocycles. The summed E-state index contributed by atoms with van der Waals surface area (Å²) < 4.78 is 0. The minimum absolute atomic E-state index is 0.333. The van der Waals surface area contributed by atoms with Crippen molar-refractivity contribution in [2.75, 3.05) is 13.1 Å². The van der Waals surface area contributed by atoms with Crippen LogP contribution in [-0.2, 0) is 0 Å². The predicted molar refractivity (Wildman–Crippen MR) is 78.9 cm³/mol. The Kier molecular flexibility index (Phi) is 4.08. The fraction of sp³-hybridized carbons (Fsp3) is 1.00. The molecule has 1 aliphatic heterocycles. The lowest BCUT2D eigenvalue weighted by atomic mass is 9.74. The van der Waals surface area contributed by atoms with E-state index in [1.54, 1.807) is 0 Å². The topological polar surface area (TPSA) is 15.3 Å². The highest BCUT2D eigenvalue weighted by atomic mass is 15.3. The average Bonchev–Trinajstić information content (AvgIpc) is 2.33. The number of piperazine rings is 1. The van der Waals surface area contributed by atoms with Gasteiger partial charge in [0.2, 0.25) is 0 Å². The summed E-state index contributed by atoms with van der Waals surface area (Å²) in [5, 5.41) is 3.74. The standard InChI is InChI=1S/C16H32N2/c1-6-16(5)12-18(13(2)11-17-16)14-7-9-15(3,4)10-8-14/h13-14,17H,6-12H2,1-5H3. The number of hydrogen-bond acceptors (Lipinski definition) is 2. The van der Waals surface area contributed by atoms with E-state index in [2.05, 4.69) is 44.8 Å². The van der Waals surface area contributed by atoms with Crippen LogP contribution in [0, 0.1) is 5.41 Å². The van der Waals surface area contributed by atoms with Crippen molar-refractivity contribution in [3.63, 3.8) is 0 Å². The molecular weight excluding hydrogens is 220 g/mol. The van der Waals surface area contributed by atoms with Crippen molar-refractivity contribution >= 4 is 0 Å². The van der Waals surface area contributed by atoms with Crippen molar-refractivity contribution in [3.05, 3.63) is 0 Å². The first kappa shape index (κ1) is 14.3. The van der Waals surface area contributed by atoms with Crippen LogP contribution in [0.5, 0.6) is 0 Å². The summed E-state index contributed by atoms with van der Waals surface area (Å²) in [5.74, 6) is 0. The quantitative estimate of drug-likeness (QED) is 0.810. The third kappa shape index (κ3) is 3.08. The molecule has 2 fully saturated rings. The van der Waals surface area contributed by atoms with Crippen LogP contribution in [0.3, 0.4) is 0 Å². The molecule has 2 heteroatoms. The van der Waals surface area contributed by atoms with Crippen molar-refractivity contribution < 1.29 is 0 Å². The lowest BCUT2D eigenvalue weighted by Gasteiger charge is -2.50. The van der Waals surface area contributed by atoms with Gasteiger partial charge >= 0.3 is 0 Å². The maximum absolute atomic E-state index is 3.74. The lowest BCUT2D eigenvalue weighted by Crippen LogP contribution is -2.64. The predicted octanol–water partition coefficient (Wildman–Crippen LogP) is 3.42. The number of rotatable bonds is 2. The molecule has 106 valence electrons. The molecule has 0 aromatic rings. The van der Waals surface area contributed by atoms with E-state index in [0.29, 0.717) is 17.0 Å². The highest BCUT2D eigenvalue weighted by Crippen LogP contribution is 2.38. The Morgan fingerprint density at radius 3 is 2.33 bits per heavy atom. The van der Waals surface area contributed by atoms with Gasteiger partial charge in [-0.15, -0.1) is 0 Å². The van der Waals surface area contributed by atoms with Crippen LogP contribution >= 0.6 is 0 Å². The van der Waals surface area contributed by atoms with Gasteiger partial charge in [0, 0.05) is 30.7 Å². The highest BCUT2D eigenvalue weighted by molar-refractivity contribution is 4.97. The highest BCUT2D eigenvalue weighted by Gasteiger charge is 2.38. The van der Waals surface area contributed by atoms with Gasteiger partial charge in [0.15, 0.2) is 0 Å². The third-order valence-electron chi connectivity index (χ3n) is 5.48. The summed E-state index contributed by atoms with van der Waals surface area (Å²) in [6.45, 7) is 14.3. The Morgan fingerprint density at radius 1 is 1.17 bits per heavy atom. The monoisotopic (exact) mass is 252 g/mol. The summed E-state index contributed by atoms with van der Waals surface area (Å²) in [4.78, 5) is 2.80. The van der Waals surface area contributed by atoms with E-state index in [4.69, 9.17) is 0 Å². The maximum Gasteiger partial charge on any atom is 0.0278 e. The molecular formula is C16H32N2. The number of hydrogen-bond donors (Lipinski definition) is 1. The van der Waals surface area contributed by atoms with Gasteiger partial charge in [-0.25, -0.2) is 0 Å². The van der Waals surface area contributed by atoms with Crippen molar-refractivity contribution in [2.45, 2.75) is 84.3 Å². The second kappa shape index (κ2) is 5.13. The summed E-state index contributed by atoms with van der Waals surface area (Å²) in [6, 6.07) is 1.54. The normalized spacial score (nSPS) is 38.8. The smallest absolute Gasteiger partial charge is 0.0278 e. The van der Waals surface area contributed by atoms with E-state index in [0.717, 1.165) is 12.6 Å². The molecule has 1 aliphatic carbocycles. The van der Waals surface area contributed by atoms with E-state index in [-0.39, 0.29) is 0 Å². The van der Waals surface area contributed by atoms with Crippen LogP contribution in [0.2, 0.25) is 0 Å². The van der Waals surface area contributed by atoms with Gasteiger partial charge in [-0.2, -0.15) is 0 Å². The summed E-state index contributed by atoms with van der Waals surface area (Å²) >= 11 is 0. The van der Waals surface area contributed by atoms with Gasteiger partial charge in [0.25, 0.3) is 0 Å².